The monoisotopic (exact) mass is 455 g/mol. The van der Waals surface area contributed by atoms with Crippen molar-refractivity contribution in [3.63, 3.8) is 0 Å². The van der Waals surface area contributed by atoms with Crippen LogP contribution in [0.2, 0.25) is 0 Å². The fraction of sp³-hybridized carbons (Fsp3) is 0.345. The molecule has 1 unspecified atom stereocenters. The van der Waals surface area contributed by atoms with Crippen molar-refractivity contribution in [2.24, 2.45) is 5.92 Å². The number of rotatable bonds is 5. The van der Waals surface area contributed by atoms with Crippen LogP contribution in [0.3, 0.4) is 0 Å². The minimum Gasteiger partial charge on any atom is -0.359 e. The molecule has 1 atom stereocenters. The Morgan fingerprint density at radius 3 is 2.74 bits per heavy atom. The lowest BCUT2D eigenvalue weighted by molar-refractivity contribution is -0.110. The van der Waals surface area contributed by atoms with Crippen molar-refractivity contribution in [2.75, 3.05) is 25.0 Å². The summed E-state index contributed by atoms with van der Waals surface area (Å²) in [4.78, 5) is 19.1. The number of nitrogens with one attached hydrogen (secondary N) is 2. The molecule has 0 spiro atoms. The van der Waals surface area contributed by atoms with Crippen LogP contribution < -0.4 is 5.32 Å². The van der Waals surface area contributed by atoms with Gasteiger partial charge in [0.2, 0.25) is 0 Å². The van der Waals surface area contributed by atoms with Gasteiger partial charge in [-0.2, -0.15) is 0 Å². The fourth-order valence-electron chi connectivity index (χ4n) is 5.87. The molecule has 1 fully saturated rings. The van der Waals surface area contributed by atoms with Crippen molar-refractivity contribution in [1.82, 2.24) is 9.88 Å². The molecule has 174 valence electrons. The van der Waals surface area contributed by atoms with E-state index in [1.807, 2.05) is 30.3 Å². The number of carbonyl (C=O) groups excluding carboxylic acids is 1. The highest BCUT2D eigenvalue weighted by molar-refractivity contribution is 6.36. The molecule has 2 aromatic carbocycles. The van der Waals surface area contributed by atoms with Crippen LogP contribution >= 0.6 is 0 Å². The Labute approximate surface area is 199 Å². The van der Waals surface area contributed by atoms with Gasteiger partial charge in [0.1, 0.15) is 5.82 Å². The summed E-state index contributed by atoms with van der Waals surface area (Å²) in [5.41, 5.74) is 6.95. The summed E-state index contributed by atoms with van der Waals surface area (Å²) in [6.07, 6.45) is 9.28. The molecule has 0 saturated carbocycles. The van der Waals surface area contributed by atoms with Gasteiger partial charge in [-0.05, 0) is 99.5 Å². The number of aromatic amines is 1. The van der Waals surface area contributed by atoms with Gasteiger partial charge < -0.3 is 15.2 Å². The average molecular weight is 456 g/mol. The van der Waals surface area contributed by atoms with Crippen LogP contribution in [-0.2, 0) is 17.6 Å². The summed E-state index contributed by atoms with van der Waals surface area (Å²) < 4.78 is 14.6. The molecule has 5 heteroatoms. The van der Waals surface area contributed by atoms with E-state index in [1.165, 1.54) is 62.6 Å². The van der Waals surface area contributed by atoms with Gasteiger partial charge in [-0.1, -0.05) is 30.3 Å². The number of fused-ring (bicyclic) bond motifs is 2. The molecule has 3 aromatic rings. The minimum absolute atomic E-state index is 0.144. The Morgan fingerprint density at radius 2 is 1.88 bits per heavy atom. The zero-order valence-electron chi connectivity index (χ0n) is 19.4. The van der Waals surface area contributed by atoms with Crippen LogP contribution in [0.25, 0.3) is 22.8 Å². The first kappa shape index (κ1) is 21.4. The molecule has 1 aliphatic carbocycles. The molecule has 34 heavy (non-hydrogen) atoms. The second kappa shape index (κ2) is 8.88. The quantitative estimate of drug-likeness (QED) is 0.470. The Morgan fingerprint density at radius 1 is 1.06 bits per heavy atom. The van der Waals surface area contributed by atoms with Gasteiger partial charge in [0.05, 0.1) is 5.57 Å². The van der Waals surface area contributed by atoms with Gasteiger partial charge in [-0.15, -0.1) is 0 Å². The van der Waals surface area contributed by atoms with Crippen molar-refractivity contribution >= 4 is 23.2 Å². The molecule has 1 aromatic heterocycles. The number of aromatic nitrogens is 1. The molecule has 1 amide bonds. The number of aryl methyl sites for hydroxylation is 1. The summed E-state index contributed by atoms with van der Waals surface area (Å²) >= 11 is 0. The zero-order valence-corrected chi connectivity index (χ0v) is 19.4. The molecule has 6 rings (SSSR count). The van der Waals surface area contributed by atoms with E-state index in [0.717, 1.165) is 41.3 Å². The maximum absolute atomic E-state index is 14.6. The van der Waals surface area contributed by atoms with E-state index in [2.05, 4.69) is 21.3 Å². The van der Waals surface area contributed by atoms with Crippen LogP contribution in [0.1, 0.15) is 48.2 Å². The summed E-state index contributed by atoms with van der Waals surface area (Å²) in [5, 5.41) is 2.96. The van der Waals surface area contributed by atoms with Gasteiger partial charge in [-0.3, -0.25) is 4.79 Å². The van der Waals surface area contributed by atoms with Crippen LogP contribution in [0.5, 0.6) is 0 Å². The van der Waals surface area contributed by atoms with E-state index in [9.17, 15) is 9.18 Å². The van der Waals surface area contributed by atoms with Crippen molar-refractivity contribution in [2.45, 2.75) is 38.5 Å². The second-order valence-electron chi connectivity index (χ2n) is 9.89. The number of halogens is 1. The summed E-state index contributed by atoms with van der Waals surface area (Å²) in [7, 11) is 0. The lowest BCUT2D eigenvalue weighted by atomic mass is 9.85. The SMILES string of the molecule is O=C1Nc2cccc(-c3ccccc3F)c2C1=Cc1cc2c([nH]1)CCC(CCN1CCCC1)C2. The average Bonchev–Trinajstić information content (AvgIpc) is 3.57. The van der Waals surface area contributed by atoms with Gasteiger partial charge in [0.15, 0.2) is 0 Å². The largest absolute Gasteiger partial charge is 0.359 e. The zero-order chi connectivity index (χ0) is 23.1. The molecule has 2 N–H and O–H groups in total. The summed E-state index contributed by atoms with van der Waals surface area (Å²) in [6.45, 7) is 3.74. The van der Waals surface area contributed by atoms with Crippen LogP contribution in [0.15, 0.2) is 48.5 Å². The third-order valence-corrected chi connectivity index (χ3v) is 7.67. The lowest BCUT2D eigenvalue weighted by Gasteiger charge is -2.24. The number of likely N-dealkylation sites (tertiary alicyclic amines) is 1. The number of amides is 1. The van der Waals surface area contributed by atoms with Crippen molar-refractivity contribution in [1.29, 1.82) is 0 Å². The highest BCUT2D eigenvalue weighted by Crippen LogP contribution is 2.41. The number of anilines is 1. The molecular weight excluding hydrogens is 425 g/mol. The number of H-pyrrole nitrogens is 1. The molecule has 1 saturated heterocycles. The van der Waals surface area contributed by atoms with Crippen molar-refractivity contribution < 1.29 is 9.18 Å². The maximum atomic E-state index is 14.6. The Kier molecular flexibility index (Phi) is 5.58. The van der Waals surface area contributed by atoms with E-state index in [-0.39, 0.29) is 11.7 Å². The number of hydrogen-bond donors (Lipinski definition) is 2. The molecule has 4 nitrogen and oxygen atoms in total. The Balaban J connectivity index is 1.28. The second-order valence-corrected chi connectivity index (χ2v) is 9.89. The van der Waals surface area contributed by atoms with Crippen LogP contribution in [0.4, 0.5) is 10.1 Å². The fourth-order valence-corrected chi connectivity index (χ4v) is 5.87. The molecular formula is C29H30FN3O. The molecule has 3 heterocycles. The van der Waals surface area contributed by atoms with Gasteiger partial charge in [0.25, 0.3) is 5.91 Å². The highest BCUT2D eigenvalue weighted by atomic mass is 19.1. The number of benzene rings is 2. The van der Waals surface area contributed by atoms with Gasteiger partial charge >= 0.3 is 0 Å². The van der Waals surface area contributed by atoms with E-state index in [1.54, 1.807) is 12.1 Å². The third kappa shape index (κ3) is 3.98. The van der Waals surface area contributed by atoms with Crippen LogP contribution in [-0.4, -0.2) is 35.4 Å². The van der Waals surface area contributed by atoms with E-state index in [0.29, 0.717) is 11.1 Å². The predicted molar refractivity (Wildman–Crippen MR) is 135 cm³/mol. The van der Waals surface area contributed by atoms with E-state index in [4.69, 9.17) is 0 Å². The minimum atomic E-state index is -0.287. The number of hydrogen-bond acceptors (Lipinski definition) is 2. The Bertz CT molecular complexity index is 1270. The van der Waals surface area contributed by atoms with Crippen LogP contribution in [0, 0.1) is 11.7 Å². The number of nitrogens with zero attached hydrogens (tertiary/aromatic N) is 1. The molecule has 0 radical (unpaired) electrons. The molecule has 0 bridgehead atoms. The summed E-state index contributed by atoms with van der Waals surface area (Å²) in [5.74, 6) is 0.298. The lowest BCUT2D eigenvalue weighted by Crippen LogP contribution is -2.24. The summed E-state index contributed by atoms with van der Waals surface area (Å²) in [6, 6.07) is 14.6. The van der Waals surface area contributed by atoms with Crippen molar-refractivity contribution in [3.05, 3.63) is 76.9 Å². The first-order chi connectivity index (χ1) is 16.7. The first-order valence-corrected chi connectivity index (χ1v) is 12.5. The van der Waals surface area contributed by atoms with Crippen molar-refractivity contribution in [3.8, 4) is 11.1 Å². The predicted octanol–water partition coefficient (Wildman–Crippen LogP) is 5.90. The van der Waals surface area contributed by atoms with E-state index >= 15 is 0 Å². The van der Waals surface area contributed by atoms with Gasteiger partial charge in [0, 0.05) is 28.2 Å². The maximum Gasteiger partial charge on any atom is 0.256 e. The standard InChI is InChI=1S/C29H30FN3O/c30-25-8-2-1-6-22(25)23-7-5-9-27-28(23)24(29(34)32-27)18-21-17-20-16-19(10-11-26(20)31-21)12-15-33-13-3-4-14-33/h1-2,5-9,17-19,31H,3-4,10-16H2,(H,32,34). The van der Waals surface area contributed by atoms with Gasteiger partial charge in [-0.25, -0.2) is 4.39 Å². The smallest absolute Gasteiger partial charge is 0.256 e. The molecule has 3 aliphatic rings. The highest BCUT2D eigenvalue weighted by Gasteiger charge is 2.29. The topological polar surface area (TPSA) is 48.1 Å². The normalized spacial score (nSPS) is 21.0. The van der Waals surface area contributed by atoms with E-state index < -0.39 is 0 Å². The molecule has 2 aliphatic heterocycles. The third-order valence-electron chi connectivity index (χ3n) is 7.67. The number of carbonyl (C=O) groups is 1. The Hall–Kier alpha value is -3.18. The first-order valence-electron chi connectivity index (χ1n) is 12.5.